The molecular formula is C14H23N9O3. The third-order valence-corrected chi connectivity index (χ3v) is 3.37. The van der Waals surface area contributed by atoms with E-state index in [0.29, 0.717) is 32.7 Å². The second kappa shape index (κ2) is 9.46. The van der Waals surface area contributed by atoms with Gasteiger partial charge in [0.15, 0.2) is 0 Å². The lowest BCUT2D eigenvalue weighted by atomic mass is 10.4. The number of carboxylic acid groups (broad SMARTS) is 1. The average Bonchev–Trinajstić information content (AvgIpc) is 3.16. The van der Waals surface area contributed by atoms with Gasteiger partial charge in [-0.15, -0.1) is 10.2 Å². The molecule has 0 aliphatic heterocycles. The molecule has 0 atom stereocenters. The minimum absolute atomic E-state index is 0.0724. The largest absolute Gasteiger partial charge is 0.465 e. The first-order chi connectivity index (χ1) is 12.4. The summed E-state index contributed by atoms with van der Waals surface area (Å²) in [6.45, 7) is 4.41. The molecule has 0 fully saturated rings. The molecule has 2 heterocycles. The Morgan fingerprint density at radius 2 is 1.54 bits per heavy atom. The molecule has 142 valence electrons. The number of nitrogens with one attached hydrogen (secondary N) is 2. The van der Waals surface area contributed by atoms with Crippen LogP contribution in [0.4, 0.5) is 4.79 Å². The van der Waals surface area contributed by atoms with Gasteiger partial charge in [-0.2, -0.15) is 0 Å². The summed E-state index contributed by atoms with van der Waals surface area (Å²) in [5.74, 6) is -0.0724. The van der Waals surface area contributed by atoms with E-state index in [0.717, 1.165) is 11.4 Å². The maximum absolute atomic E-state index is 10.8. The topological polar surface area (TPSA) is 143 Å². The van der Waals surface area contributed by atoms with Crippen molar-refractivity contribution in [3.63, 3.8) is 0 Å². The van der Waals surface area contributed by atoms with Crippen molar-refractivity contribution in [1.29, 1.82) is 0 Å². The summed E-state index contributed by atoms with van der Waals surface area (Å²) in [5.41, 5.74) is 1.59. The van der Waals surface area contributed by atoms with Gasteiger partial charge in [0.05, 0.1) is 24.5 Å². The third kappa shape index (κ3) is 6.84. The molecule has 2 aromatic heterocycles. The van der Waals surface area contributed by atoms with Crippen molar-refractivity contribution in [2.75, 3.05) is 20.1 Å². The molecule has 3 N–H and O–H groups in total. The Balaban J connectivity index is 1.75. The Hall–Kier alpha value is -3.02. The second-order valence-electron chi connectivity index (χ2n) is 5.83. The van der Waals surface area contributed by atoms with E-state index in [4.69, 9.17) is 5.11 Å². The highest BCUT2D eigenvalue weighted by Crippen LogP contribution is 2.03. The van der Waals surface area contributed by atoms with E-state index >= 15 is 0 Å². The highest BCUT2D eigenvalue weighted by molar-refractivity contribution is 5.72. The quantitative estimate of drug-likeness (QED) is 0.482. The summed E-state index contributed by atoms with van der Waals surface area (Å²) >= 11 is 0. The van der Waals surface area contributed by atoms with E-state index in [9.17, 15) is 9.59 Å². The van der Waals surface area contributed by atoms with Crippen molar-refractivity contribution in [3.05, 3.63) is 23.8 Å². The van der Waals surface area contributed by atoms with Gasteiger partial charge in [-0.1, -0.05) is 10.4 Å². The summed E-state index contributed by atoms with van der Waals surface area (Å²) < 4.78 is 3.28. The average molecular weight is 365 g/mol. The van der Waals surface area contributed by atoms with Gasteiger partial charge >= 0.3 is 6.09 Å². The minimum Gasteiger partial charge on any atom is -0.465 e. The van der Waals surface area contributed by atoms with Crippen LogP contribution in [0.1, 0.15) is 18.3 Å². The number of carbonyl (C=O) groups excluding carboxylic acids is 1. The maximum atomic E-state index is 10.8. The SMILES string of the molecule is CC(=O)NCCn1cc(CN(C)Cc2cn(CCNC(=O)O)nn2)nn1. The monoisotopic (exact) mass is 365 g/mol. The van der Waals surface area contributed by atoms with E-state index in [-0.39, 0.29) is 12.5 Å². The highest BCUT2D eigenvalue weighted by atomic mass is 16.4. The number of amides is 2. The van der Waals surface area contributed by atoms with Crippen LogP contribution in [0.2, 0.25) is 0 Å². The van der Waals surface area contributed by atoms with Crippen LogP contribution in [0.5, 0.6) is 0 Å². The summed E-state index contributed by atoms with van der Waals surface area (Å²) in [5, 5.41) is 29.7. The number of rotatable bonds is 10. The van der Waals surface area contributed by atoms with Crippen LogP contribution >= 0.6 is 0 Å². The Morgan fingerprint density at radius 1 is 1.04 bits per heavy atom. The zero-order chi connectivity index (χ0) is 18.9. The van der Waals surface area contributed by atoms with Crippen LogP contribution < -0.4 is 10.6 Å². The van der Waals surface area contributed by atoms with Crippen molar-refractivity contribution < 1.29 is 14.7 Å². The molecule has 0 saturated carbocycles. The summed E-state index contributed by atoms with van der Waals surface area (Å²) in [4.78, 5) is 23.3. The smallest absolute Gasteiger partial charge is 0.404 e. The van der Waals surface area contributed by atoms with Crippen LogP contribution in [0.25, 0.3) is 0 Å². The zero-order valence-electron chi connectivity index (χ0n) is 14.8. The van der Waals surface area contributed by atoms with Crippen LogP contribution in [-0.4, -0.2) is 72.1 Å². The van der Waals surface area contributed by atoms with Gasteiger partial charge in [0, 0.05) is 45.5 Å². The van der Waals surface area contributed by atoms with Crippen molar-refractivity contribution in [1.82, 2.24) is 45.5 Å². The van der Waals surface area contributed by atoms with E-state index in [1.54, 1.807) is 15.6 Å². The van der Waals surface area contributed by atoms with Gasteiger partial charge in [-0.3, -0.25) is 19.1 Å². The second-order valence-corrected chi connectivity index (χ2v) is 5.83. The predicted molar refractivity (Wildman–Crippen MR) is 89.9 cm³/mol. The molecule has 12 heteroatoms. The Bertz CT molecular complexity index is 667. The van der Waals surface area contributed by atoms with Gasteiger partial charge < -0.3 is 15.7 Å². The first kappa shape index (κ1) is 19.3. The fraction of sp³-hybridized carbons (Fsp3) is 0.571. The molecule has 2 rings (SSSR count). The lowest BCUT2D eigenvalue weighted by Gasteiger charge is -2.12. The molecule has 0 radical (unpaired) electrons. The van der Waals surface area contributed by atoms with Crippen LogP contribution in [0, 0.1) is 0 Å². The molecule has 26 heavy (non-hydrogen) atoms. The molecule has 2 amide bonds. The van der Waals surface area contributed by atoms with Crippen molar-refractivity contribution in [2.45, 2.75) is 33.1 Å². The molecular weight excluding hydrogens is 342 g/mol. The predicted octanol–water partition coefficient (Wildman–Crippen LogP) is -1.09. The van der Waals surface area contributed by atoms with Crippen molar-refractivity contribution in [3.8, 4) is 0 Å². The summed E-state index contributed by atoms with van der Waals surface area (Å²) in [6, 6.07) is 0. The zero-order valence-corrected chi connectivity index (χ0v) is 14.8. The number of nitrogens with zero attached hydrogens (tertiary/aromatic N) is 7. The first-order valence-corrected chi connectivity index (χ1v) is 8.10. The molecule has 0 unspecified atom stereocenters. The number of aromatic nitrogens is 6. The van der Waals surface area contributed by atoms with E-state index in [2.05, 4.69) is 31.3 Å². The molecule has 0 saturated heterocycles. The molecule has 0 aliphatic rings. The maximum Gasteiger partial charge on any atom is 0.404 e. The van der Waals surface area contributed by atoms with E-state index < -0.39 is 6.09 Å². The highest BCUT2D eigenvalue weighted by Gasteiger charge is 2.09. The van der Waals surface area contributed by atoms with Gasteiger partial charge in [-0.05, 0) is 7.05 Å². The van der Waals surface area contributed by atoms with E-state index in [1.807, 2.05) is 18.1 Å². The lowest BCUT2D eigenvalue weighted by Crippen LogP contribution is -2.25. The van der Waals surface area contributed by atoms with Gasteiger partial charge in [0.1, 0.15) is 0 Å². The molecule has 0 aliphatic carbocycles. The molecule has 12 nitrogen and oxygen atoms in total. The normalized spacial score (nSPS) is 10.9. The Kier molecular flexibility index (Phi) is 7.02. The standard InChI is InChI=1S/C14H23N9O3/c1-11(24)15-3-5-22-9-12(17-19-22)7-21(2)8-13-10-23(20-18-13)6-4-16-14(25)26/h9-10,16H,3-8H2,1-2H3,(H,15,24)(H,25,26). The van der Waals surface area contributed by atoms with Crippen molar-refractivity contribution in [2.24, 2.45) is 0 Å². The minimum atomic E-state index is -1.06. The number of carbonyl (C=O) groups is 2. The van der Waals surface area contributed by atoms with E-state index in [1.165, 1.54) is 6.92 Å². The molecule has 2 aromatic rings. The van der Waals surface area contributed by atoms with Gasteiger partial charge in [0.25, 0.3) is 0 Å². The molecule has 0 bridgehead atoms. The van der Waals surface area contributed by atoms with Gasteiger partial charge in [0.2, 0.25) is 5.91 Å². The Morgan fingerprint density at radius 3 is 2.00 bits per heavy atom. The fourth-order valence-corrected chi connectivity index (χ4v) is 2.27. The Labute approximate surface area is 150 Å². The van der Waals surface area contributed by atoms with Crippen LogP contribution in [0.3, 0.4) is 0 Å². The third-order valence-electron chi connectivity index (χ3n) is 3.37. The van der Waals surface area contributed by atoms with Crippen LogP contribution in [0.15, 0.2) is 12.4 Å². The molecule has 0 spiro atoms. The number of hydrogen-bond donors (Lipinski definition) is 3. The molecule has 0 aromatic carbocycles. The van der Waals surface area contributed by atoms with Crippen molar-refractivity contribution >= 4 is 12.0 Å². The summed E-state index contributed by atoms with van der Waals surface area (Å²) in [7, 11) is 1.93. The first-order valence-electron chi connectivity index (χ1n) is 8.10. The fourth-order valence-electron chi connectivity index (χ4n) is 2.27. The summed E-state index contributed by atoms with van der Waals surface area (Å²) in [6.07, 6.45) is 2.56. The van der Waals surface area contributed by atoms with Gasteiger partial charge in [-0.25, -0.2) is 4.79 Å². The lowest BCUT2D eigenvalue weighted by molar-refractivity contribution is -0.118. The van der Waals surface area contributed by atoms with Crippen LogP contribution in [-0.2, 0) is 31.0 Å². The number of hydrogen-bond acceptors (Lipinski definition) is 7.